The standard InChI is InChI=1S/C14H21NO3/c1-10(15-9-14(2,3)13(16)17)11-7-5-6-8-12(11)18-4/h5-8,10,15H,9H2,1-4H3,(H,16,17)/t10-/m1/s1. The molecule has 0 aliphatic rings. The molecule has 1 rings (SSSR count). The maximum absolute atomic E-state index is 11.0. The van der Waals surface area contributed by atoms with Gasteiger partial charge in [-0.25, -0.2) is 0 Å². The van der Waals surface area contributed by atoms with Gasteiger partial charge in [-0.15, -0.1) is 0 Å². The summed E-state index contributed by atoms with van der Waals surface area (Å²) in [5.74, 6) is 0.00728. The number of hydrogen-bond acceptors (Lipinski definition) is 3. The van der Waals surface area contributed by atoms with Crippen molar-refractivity contribution in [1.29, 1.82) is 0 Å². The minimum Gasteiger partial charge on any atom is -0.496 e. The molecule has 0 saturated carbocycles. The molecule has 0 amide bonds. The molecule has 0 heterocycles. The van der Waals surface area contributed by atoms with E-state index in [1.54, 1.807) is 21.0 Å². The van der Waals surface area contributed by atoms with Crippen LogP contribution in [0.5, 0.6) is 5.75 Å². The fraction of sp³-hybridized carbons (Fsp3) is 0.500. The molecule has 0 aromatic heterocycles. The van der Waals surface area contributed by atoms with E-state index in [0.29, 0.717) is 6.54 Å². The Morgan fingerprint density at radius 3 is 2.61 bits per heavy atom. The Bertz CT molecular complexity index is 415. The first-order chi connectivity index (χ1) is 8.38. The zero-order valence-electron chi connectivity index (χ0n) is 11.4. The Kier molecular flexibility index (Phi) is 4.73. The van der Waals surface area contributed by atoms with Crippen molar-refractivity contribution in [2.75, 3.05) is 13.7 Å². The summed E-state index contributed by atoms with van der Waals surface area (Å²) in [4.78, 5) is 11.0. The Labute approximate surface area is 108 Å². The van der Waals surface area contributed by atoms with E-state index in [0.717, 1.165) is 11.3 Å². The summed E-state index contributed by atoms with van der Waals surface area (Å²) < 4.78 is 5.29. The number of hydrogen-bond donors (Lipinski definition) is 2. The van der Waals surface area contributed by atoms with Gasteiger partial charge in [-0.2, -0.15) is 0 Å². The number of benzene rings is 1. The molecule has 18 heavy (non-hydrogen) atoms. The van der Waals surface area contributed by atoms with Crippen LogP contribution < -0.4 is 10.1 Å². The number of carboxylic acid groups (broad SMARTS) is 1. The Balaban J connectivity index is 2.71. The van der Waals surface area contributed by atoms with Crippen molar-refractivity contribution < 1.29 is 14.6 Å². The van der Waals surface area contributed by atoms with Gasteiger partial charge in [0.2, 0.25) is 0 Å². The van der Waals surface area contributed by atoms with Gasteiger partial charge in [0.15, 0.2) is 0 Å². The Morgan fingerprint density at radius 1 is 1.44 bits per heavy atom. The monoisotopic (exact) mass is 251 g/mol. The van der Waals surface area contributed by atoms with Crippen LogP contribution >= 0.6 is 0 Å². The molecule has 2 N–H and O–H groups in total. The van der Waals surface area contributed by atoms with E-state index < -0.39 is 11.4 Å². The minimum atomic E-state index is -0.803. The smallest absolute Gasteiger partial charge is 0.310 e. The van der Waals surface area contributed by atoms with E-state index >= 15 is 0 Å². The van der Waals surface area contributed by atoms with Crippen LogP contribution in [0.2, 0.25) is 0 Å². The maximum atomic E-state index is 11.0. The summed E-state index contributed by atoms with van der Waals surface area (Å²) >= 11 is 0. The van der Waals surface area contributed by atoms with Gasteiger partial charge >= 0.3 is 5.97 Å². The molecule has 0 bridgehead atoms. The molecule has 0 aliphatic carbocycles. The van der Waals surface area contributed by atoms with Crippen LogP contribution in [-0.2, 0) is 4.79 Å². The molecule has 0 radical (unpaired) electrons. The molecule has 0 unspecified atom stereocenters. The molecule has 100 valence electrons. The van der Waals surface area contributed by atoms with E-state index in [-0.39, 0.29) is 6.04 Å². The summed E-state index contributed by atoms with van der Waals surface area (Å²) in [6.45, 7) is 5.81. The van der Waals surface area contributed by atoms with Crippen molar-refractivity contribution in [1.82, 2.24) is 5.32 Å². The molecule has 4 nitrogen and oxygen atoms in total. The number of carboxylic acids is 1. The van der Waals surface area contributed by atoms with Crippen LogP contribution in [-0.4, -0.2) is 24.7 Å². The quantitative estimate of drug-likeness (QED) is 0.815. The van der Waals surface area contributed by atoms with Crippen LogP contribution in [0.15, 0.2) is 24.3 Å². The number of ether oxygens (including phenoxy) is 1. The molecular formula is C14H21NO3. The summed E-state index contributed by atoms with van der Waals surface area (Å²) in [7, 11) is 1.63. The maximum Gasteiger partial charge on any atom is 0.310 e. The second-order valence-corrected chi connectivity index (χ2v) is 5.03. The first-order valence-corrected chi connectivity index (χ1v) is 5.98. The summed E-state index contributed by atoms with van der Waals surface area (Å²) in [6, 6.07) is 7.77. The van der Waals surface area contributed by atoms with Crippen molar-refractivity contribution in [2.24, 2.45) is 5.41 Å². The van der Waals surface area contributed by atoms with E-state index in [1.165, 1.54) is 0 Å². The highest BCUT2D eigenvalue weighted by molar-refractivity contribution is 5.73. The van der Waals surface area contributed by atoms with Gasteiger partial charge in [-0.3, -0.25) is 4.79 Å². The predicted molar refractivity (Wildman–Crippen MR) is 70.8 cm³/mol. The molecule has 1 aromatic carbocycles. The number of methoxy groups -OCH3 is 1. The highest BCUT2D eigenvalue weighted by Gasteiger charge is 2.27. The Morgan fingerprint density at radius 2 is 2.06 bits per heavy atom. The minimum absolute atomic E-state index is 0.0415. The summed E-state index contributed by atoms with van der Waals surface area (Å²) in [5.41, 5.74) is 0.247. The van der Waals surface area contributed by atoms with E-state index in [4.69, 9.17) is 9.84 Å². The van der Waals surface area contributed by atoms with Gasteiger partial charge in [0.25, 0.3) is 0 Å². The van der Waals surface area contributed by atoms with Crippen LogP contribution in [0.4, 0.5) is 0 Å². The van der Waals surface area contributed by atoms with Gasteiger partial charge in [0.05, 0.1) is 12.5 Å². The molecule has 0 saturated heterocycles. The second-order valence-electron chi connectivity index (χ2n) is 5.03. The molecule has 0 spiro atoms. The largest absolute Gasteiger partial charge is 0.496 e. The van der Waals surface area contributed by atoms with Crippen molar-refractivity contribution in [3.63, 3.8) is 0 Å². The summed E-state index contributed by atoms with van der Waals surface area (Å²) in [6.07, 6.45) is 0. The average molecular weight is 251 g/mol. The van der Waals surface area contributed by atoms with Gasteiger partial charge < -0.3 is 15.2 Å². The summed E-state index contributed by atoms with van der Waals surface area (Å²) in [5, 5.41) is 12.3. The zero-order chi connectivity index (χ0) is 13.8. The third kappa shape index (κ3) is 3.47. The van der Waals surface area contributed by atoms with Crippen molar-refractivity contribution >= 4 is 5.97 Å². The van der Waals surface area contributed by atoms with Crippen LogP contribution in [0.25, 0.3) is 0 Å². The first kappa shape index (κ1) is 14.5. The highest BCUT2D eigenvalue weighted by atomic mass is 16.5. The van der Waals surface area contributed by atoms with E-state index in [2.05, 4.69) is 5.32 Å². The number of carbonyl (C=O) groups is 1. The van der Waals surface area contributed by atoms with Crippen molar-refractivity contribution in [2.45, 2.75) is 26.8 Å². The fourth-order valence-corrected chi connectivity index (χ4v) is 1.62. The topological polar surface area (TPSA) is 58.6 Å². The third-order valence-corrected chi connectivity index (χ3v) is 3.03. The lowest BCUT2D eigenvalue weighted by atomic mass is 9.93. The lowest BCUT2D eigenvalue weighted by molar-refractivity contribution is -0.146. The molecule has 0 aliphatic heterocycles. The lowest BCUT2D eigenvalue weighted by Gasteiger charge is -2.24. The van der Waals surface area contributed by atoms with Crippen LogP contribution in [0, 0.1) is 5.41 Å². The SMILES string of the molecule is COc1ccccc1[C@@H](C)NCC(C)(C)C(=O)O. The van der Waals surface area contributed by atoms with E-state index in [9.17, 15) is 4.79 Å². The van der Waals surface area contributed by atoms with Gasteiger partial charge in [-0.1, -0.05) is 18.2 Å². The van der Waals surface area contributed by atoms with Crippen molar-refractivity contribution in [3.8, 4) is 5.75 Å². The normalized spacial score (nSPS) is 13.1. The molecular weight excluding hydrogens is 230 g/mol. The van der Waals surface area contributed by atoms with E-state index in [1.807, 2.05) is 31.2 Å². The van der Waals surface area contributed by atoms with Gasteiger partial charge in [0, 0.05) is 18.2 Å². The number of rotatable bonds is 6. The fourth-order valence-electron chi connectivity index (χ4n) is 1.62. The Hall–Kier alpha value is -1.55. The second kappa shape index (κ2) is 5.87. The molecule has 0 fully saturated rings. The first-order valence-electron chi connectivity index (χ1n) is 5.98. The van der Waals surface area contributed by atoms with Gasteiger partial charge in [0.1, 0.15) is 5.75 Å². The number of nitrogens with one attached hydrogen (secondary N) is 1. The number of aliphatic carboxylic acids is 1. The van der Waals surface area contributed by atoms with Crippen LogP contribution in [0.1, 0.15) is 32.4 Å². The van der Waals surface area contributed by atoms with Gasteiger partial charge in [-0.05, 0) is 26.8 Å². The lowest BCUT2D eigenvalue weighted by Crippen LogP contribution is -2.37. The van der Waals surface area contributed by atoms with Crippen LogP contribution in [0.3, 0.4) is 0 Å². The third-order valence-electron chi connectivity index (χ3n) is 3.03. The molecule has 1 aromatic rings. The number of para-hydroxylation sites is 1. The average Bonchev–Trinajstić information content (AvgIpc) is 2.35. The molecule has 4 heteroatoms. The molecule has 1 atom stereocenters. The predicted octanol–water partition coefficient (Wildman–Crippen LogP) is 2.46. The zero-order valence-corrected chi connectivity index (χ0v) is 11.4. The highest BCUT2D eigenvalue weighted by Crippen LogP contribution is 2.25. The van der Waals surface area contributed by atoms with Crippen molar-refractivity contribution in [3.05, 3.63) is 29.8 Å².